The lowest BCUT2D eigenvalue weighted by atomic mass is 10.0. The van der Waals surface area contributed by atoms with Crippen molar-refractivity contribution in [3.63, 3.8) is 0 Å². The number of amides is 1. The standard InChI is InChI=1S/C22H29FN4O2/c1-15(2)21-20(12-25-27(21)17-8-6-16(23)7-9-17)22(28)24-11-19-13-26-10-4-3-5-18(26)14-29-19/h6-9,12,15,18-19H,3-5,10-11,13-14H2,1-2H3,(H,24,28). The second kappa shape index (κ2) is 8.63. The molecule has 3 heterocycles. The average molecular weight is 400 g/mol. The van der Waals surface area contributed by atoms with Crippen LogP contribution in [0, 0.1) is 5.82 Å². The molecule has 6 nitrogen and oxygen atoms in total. The van der Waals surface area contributed by atoms with Gasteiger partial charge in [0.2, 0.25) is 0 Å². The Morgan fingerprint density at radius 2 is 2.10 bits per heavy atom. The number of carbonyl (C=O) groups excluding carboxylic acids is 1. The number of hydrogen-bond donors (Lipinski definition) is 1. The van der Waals surface area contributed by atoms with Gasteiger partial charge in [-0.05, 0) is 49.6 Å². The molecule has 2 aliphatic heterocycles. The summed E-state index contributed by atoms with van der Waals surface area (Å²) < 4.78 is 21.0. The SMILES string of the molecule is CC(C)c1c(C(=O)NCC2CN3CCCCC3CO2)cnn1-c1ccc(F)cc1. The zero-order valence-corrected chi connectivity index (χ0v) is 17.1. The van der Waals surface area contributed by atoms with E-state index in [4.69, 9.17) is 4.74 Å². The lowest BCUT2D eigenvalue weighted by molar-refractivity contribution is -0.0725. The van der Waals surface area contributed by atoms with Crippen molar-refractivity contribution in [1.29, 1.82) is 0 Å². The van der Waals surface area contributed by atoms with Crippen molar-refractivity contribution in [2.24, 2.45) is 0 Å². The quantitative estimate of drug-likeness (QED) is 0.838. The number of nitrogens with one attached hydrogen (secondary N) is 1. The van der Waals surface area contributed by atoms with Gasteiger partial charge >= 0.3 is 0 Å². The third-order valence-corrected chi connectivity index (χ3v) is 5.87. The van der Waals surface area contributed by atoms with E-state index < -0.39 is 0 Å². The second-order valence-electron chi connectivity index (χ2n) is 8.30. The topological polar surface area (TPSA) is 59.4 Å². The largest absolute Gasteiger partial charge is 0.373 e. The molecule has 0 aliphatic carbocycles. The third kappa shape index (κ3) is 4.36. The molecule has 7 heteroatoms. The van der Waals surface area contributed by atoms with Crippen molar-refractivity contribution in [3.05, 3.63) is 47.5 Å². The smallest absolute Gasteiger partial charge is 0.254 e. The normalized spacial score (nSPS) is 22.5. The number of halogens is 1. The molecule has 4 rings (SSSR count). The first-order valence-corrected chi connectivity index (χ1v) is 10.5. The van der Waals surface area contributed by atoms with Gasteiger partial charge in [-0.25, -0.2) is 9.07 Å². The van der Waals surface area contributed by atoms with E-state index in [0.29, 0.717) is 18.2 Å². The third-order valence-electron chi connectivity index (χ3n) is 5.87. The van der Waals surface area contributed by atoms with Crippen molar-refractivity contribution in [3.8, 4) is 5.69 Å². The zero-order valence-electron chi connectivity index (χ0n) is 17.1. The predicted octanol–water partition coefficient (Wildman–Crippen LogP) is 3.12. The molecule has 1 aromatic heterocycles. The lowest BCUT2D eigenvalue weighted by Gasteiger charge is -2.42. The molecule has 2 fully saturated rings. The summed E-state index contributed by atoms with van der Waals surface area (Å²) in [7, 11) is 0. The van der Waals surface area contributed by atoms with Crippen LogP contribution in [0.2, 0.25) is 0 Å². The molecule has 1 N–H and O–H groups in total. The number of nitrogens with zero attached hydrogens (tertiary/aromatic N) is 3. The molecular formula is C22H29FN4O2. The van der Waals surface area contributed by atoms with E-state index >= 15 is 0 Å². The lowest BCUT2D eigenvalue weighted by Crippen LogP contribution is -2.54. The minimum atomic E-state index is -0.298. The van der Waals surface area contributed by atoms with Gasteiger partial charge in [0, 0.05) is 19.1 Å². The van der Waals surface area contributed by atoms with Crippen molar-refractivity contribution in [2.45, 2.75) is 51.2 Å². The van der Waals surface area contributed by atoms with Crippen LogP contribution in [0.1, 0.15) is 55.1 Å². The summed E-state index contributed by atoms with van der Waals surface area (Å²) in [6.07, 6.45) is 5.34. The first-order valence-electron chi connectivity index (χ1n) is 10.5. The minimum absolute atomic E-state index is 0.0166. The van der Waals surface area contributed by atoms with Crippen LogP contribution in [0.5, 0.6) is 0 Å². The van der Waals surface area contributed by atoms with Gasteiger partial charge in [0.15, 0.2) is 0 Å². The minimum Gasteiger partial charge on any atom is -0.373 e. The van der Waals surface area contributed by atoms with Crippen molar-refractivity contribution >= 4 is 5.91 Å². The molecule has 2 atom stereocenters. The molecule has 0 bridgehead atoms. The summed E-state index contributed by atoms with van der Waals surface area (Å²) in [5.74, 6) is -0.358. The molecule has 2 aromatic rings. The number of morpholine rings is 1. The fourth-order valence-corrected chi connectivity index (χ4v) is 4.35. The molecule has 0 saturated carbocycles. The molecule has 156 valence electrons. The summed E-state index contributed by atoms with van der Waals surface area (Å²) in [5, 5.41) is 7.43. The van der Waals surface area contributed by atoms with Gasteiger partial charge in [-0.2, -0.15) is 5.10 Å². The highest BCUT2D eigenvalue weighted by Gasteiger charge is 2.31. The van der Waals surface area contributed by atoms with Gasteiger partial charge in [-0.3, -0.25) is 9.69 Å². The molecule has 1 amide bonds. The van der Waals surface area contributed by atoms with Crippen LogP contribution < -0.4 is 5.32 Å². The van der Waals surface area contributed by atoms with Crippen molar-refractivity contribution in [2.75, 3.05) is 26.2 Å². The molecule has 2 aliphatic rings. The maximum absolute atomic E-state index is 13.3. The fourth-order valence-electron chi connectivity index (χ4n) is 4.35. The van der Waals surface area contributed by atoms with E-state index in [1.54, 1.807) is 23.0 Å². The van der Waals surface area contributed by atoms with Crippen LogP contribution in [-0.2, 0) is 4.74 Å². The van der Waals surface area contributed by atoms with Gasteiger partial charge < -0.3 is 10.1 Å². The van der Waals surface area contributed by atoms with Crippen LogP contribution in [0.15, 0.2) is 30.5 Å². The number of rotatable bonds is 5. The van der Waals surface area contributed by atoms with E-state index in [1.165, 1.54) is 31.4 Å². The summed E-state index contributed by atoms with van der Waals surface area (Å²) in [5.41, 5.74) is 2.10. The van der Waals surface area contributed by atoms with Crippen molar-refractivity contribution < 1.29 is 13.9 Å². The maximum atomic E-state index is 13.3. The second-order valence-corrected chi connectivity index (χ2v) is 8.30. The van der Waals surface area contributed by atoms with Crippen LogP contribution in [0.25, 0.3) is 5.69 Å². The number of fused-ring (bicyclic) bond motifs is 1. The summed E-state index contributed by atoms with van der Waals surface area (Å²) in [4.78, 5) is 15.4. The highest BCUT2D eigenvalue weighted by molar-refractivity contribution is 5.95. The van der Waals surface area contributed by atoms with E-state index in [1.807, 2.05) is 13.8 Å². The molecule has 0 radical (unpaired) electrons. The Morgan fingerprint density at radius 3 is 2.86 bits per heavy atom. The Labute approximate surface area is 171 Å². The Kier molecular flexibility index (Phi) is 5.96. The number of piperidine rings is 1. The Bertz CT molecular complexity index is 849. The van der Waals surface area contributed by atoms with E-state index in [-0.39, 0.29) is 23.7 Å². The van der Waals surface area contributed by atoms with Gasteiger partial charge in [0.1, 0.15) is 5.82 Å². The number of ether oxygens (including phenoxy) is 1. The molecule has 29 heavy (non-hydrogen) atoms. The Hall–Kier alpha value is -2.25. The van der Waals surface area contributed by atoms with E-state index in [9.17, 15) is 9.18 Å². The number of benzene rings is 1. The number of carbonyl (C=O) groups is 1. The van der Waals surface area contributed by atoms with Gasteiger partial charge in [0.25, 0.3) is 5.91 Å². The van der Waals surface area contributed by atoms with Gasteiger partial charge in [-0.15, -0.1) is 0 Å². The van der Waals surface area contributed by atoms with Crippen LogP contribution in [0.3, 0.4) is 0 Å². The zero-order chi connectivity index (χ0) is 20.4. The Morgan fingerprint density at radius 1 is 1.31 bits per heavy atom. The fraction of sp³-hybridized carbons (Fsp3) is 0.545. The number of aromatic nitrogens is 2. The van der Waals surface area contributed by atoms with E-state index in [2.05, 4.69) is 15.3 Å². The highest BCUT2D eigenvalue weighted by atomic mass is 19.1. The average Bonchev–Trinajstić information content (AvgIpc) is 3.18. The van der Waals surface area contributed by atoms with Gasteiger partial charge in [0.05, 0.1) is 35.9 Å². The van der Waals surface area contributed by atoms with Crippen LogP contribution >= 0.6 is 0 Å². The molecular weight excluding hydrogens is 371 g/mol. The maximum Gasteiger partial charge on any atom is 0.254 e. The Balaban J connectivity index is 1.44. The highest BCUT2D eigenvalue weighted by Crippen LogP contribution is 2.24. The first kappa shape index (κ1) is 20.0. The monoisotopic (exact) mass is 400 g/mol. The molecule has 2 unspecified atom stereocenters. The van der Waals surface area contributed by atoms with Crippen molar-refractivity contribution in [1.82, 2.24) is 20.0 Å². The molecule has 0 spiro atoms. The van der Waals surface area contributed by atoms with Crippen LogP contribution in [-0.4, -0.2) is 59.0 Å². The molecule has 1 aromatic carbocycles. The summed E-state index contributed by atoms with van der Waals surface area (Å²) in [6.45, 7) is 7.28. The summed E-state index contributed by atoms with van der Waals surface area (Å²) in [6, 6.07) is 6.67. The van der Waals surface area contributed by atoms with Crippen LogP contribution in [0.4, 0.5) is 4.39 Å². The molecule has 2 saturated heterocycles. The first-order chi connectivity index (χ1) is 14.0. The van der Waals surface area contributed by atoms with Gasteiger partial charge in [-0.1, -0.05) is 20.3 Å². The summed E-state index contributed by atoms with van der Waals surface area (Å²) >= 11 is 0. The van der Waals surface area contributed by atoms with E-state index in [0.717, 1.165) is 31.1 Å². The number of hydrogen-bond acceptors (Lipinski definition) is 4. The predicted molar refractivity (Wildman–Crippen MR) is 109 cm³/mol.